The van der Waals surface area contributed by atoms with Gasteiger partial charge < -0.3 is 9.47 Å². The summed E-state index contributed by atoms with van der Waals surface area (Å²) in [6.45, 7) is 0. The average Bonchev–Trinajstić information content (AvgIpc) is 3.13. The first-order chi connectivity index (χ1) is 13.7. The number of carbonyl (C=O) groups is 2. The van der Waals surface area contributed by atoms with Gasteiger partial charge in [0.15, 0.2) is 0 Å². The predicted octanol–water partition coefficient (Wildman–Crippen LogP) is 3.79. The topological polar surface area (TPSA) is 55.8 Å². The van der Waals surface area contributed by atoms with Gasteiger partial charge in [-0.05, 0) is 17.7 Å². The van der Waals surface area contributed by atoms with Crippen molar-refractivity contribution in [2.45, 2.75) is 17.9 Å². The molecule has 3 atom stereocenters. The van der Waals surface area contributed by atoms with Gasteiger partial charge in [-0.25, -0.2) is 4.79 Å². The molecule has 1 spiro atoms. The molecule has 0 unspecified atom stereocenters. The molecule has 5 rings (SSSR count). The number of cyclic esters (lactones) is 1. The van der Waals surface area contributed by atoms with E-state index in [4.69, 9.17) is 9.47 Å². The normalized spacial score (nSPS) is 26.2. The van der Waals surface area contributed by atoms with Gasteiger partial charge in [0.2, 0.25) is 6.29 Å². The van der Waals surface area contributed by atoms with E-state index in [9.17, 15) is 9.59 Å². The van der Waals surface area contributed by atoms with Crippen LogP contribution in [0.1, 0.15) is 23.5 Å². The van der Waals surface area contributed by atoms with E-state index in [1.807, 2.05) is 91.0 Å². The van der Waals surface area contributed by atoms with Crippen LogP contribution in [0.15, 0.2) is 91.0 Å². The number of nitrogens with zero attached hydrogens (tertiary/aromatic N) is 1. The summed E-state index contributed by atoms with van der Waals surface area (Å²) in [4.78, 5) is 27.8. The summed E-state index contributed by atoms with van der Waals surface area (Å²) >= 11 is 0. The largest absolute Gasteiger partial charge is 0.429 e. The van der Waals surface area contributed by atoms with E-state index in [-0.39, 0.29) is 0 Å². The second-order valence-electron chi connectivity index (χ2n) is 6.83. The minimum Gasteiger partial charge on any atom is -0.429 e. The van der Waals surface area contributed by atoms with Gasteiger partial charge in [0.05, 0.1) is 0 Å². The van der Waals surface area contributed by atoms with E-state index in [1.165, 1.54) is 0 Å². The Bertz CT molecular complexity index is 1020. The van der Waals surface area contributed by atoms with Gasteiger partial charge in [-0.2, -0.15) is 0 Å². The molecule has 2 saturated heterocycles. The van der Waals surface area contributed by atoms with E-state index in [2.05, 4.69) is 0 Å². The highest BCUT2D eigenvalue weighted by molar-refractivity contribution is 6.21. The monoisotopic (exact) mass is 371 g/mol. The molecule has 0 N–H and O–H groups in total. The first-order valence-electron chi connectivity index (χ1n) is 9.09. The molecule has 0 aliphatic carbocycles. The number of para-hydroxylation sites is 1. The maximum Gasteiger partial charge on any atom is 0.353 e. The maximum absolute atomic E-state index is 13.3. The van der Waals surface area contributed by atoms with Gasteiger partial charge in [0, 0.05) is 11.3 Å². The van der Waals surface area contributed by atoms with Gasteiger partial charge in [-0.15, -0.1) is 0 Å². The molecule has 0 radical (unpaired) electrons. The van der Waals surface area contributed by atoms with E-state index in [1.54, 1.807) is 4.90 Å². The van der Waals surface area contributed by atoms with E-state index in [0.717, 1.165) is 5.56 Å². The van der Waals surface area contributed by atoms with Crippen LogP contribution in [0.4, 0.5) is 5.69 Å². The van der Waals surface area contributed by atoms with Gasteiger partial charge in [0.1, 0.15) is 6.04 Å². The van der Waals surface area contributed by atoms with Gasteiger partial charge >= 0.3 is 5.97 Å². The number of ether oxygens (including phenoxy) is 2. The fourth-order valence-electron chi connectivity index (χ4n) is 3.89. The molecule has 2 heterocycles. The number of anilines is 1. The lowest BCUT2D eigenvalue weighted by Crippen LogP contribution is -2.71. The van der Waals surface area contributed by atoms with Crippen molar-refractivity contribution < 1.29 is 19.1 Å². The molecule has 2 aliphatic heterocycles. The minimum absolute atomic E-state index is 0.406. The summed E-state index contributed by atoms with van der Waals surface area (Å²) in [7, 11) is 0. The number of hydrogen-bond donors (Lipinski definition) is 0. The Labute approximate surface area is 162 Å². The van der Waals surface area contributed by atoms with Crippen molar-refractivity contribution in [2.24, 2.45) is 0 Å². The average molecular weight is 371 g/mol. The Hall–Kier alpha value is -3.44. The first kappa shape index (κ1) is 16.7. The van der Waals surface area contributed by atoms with Crippen molar-refractivity contribution in [3.8, 4) is 0 Å². The number of carbonyl (C=O) groups excluding carboxylic acids is 2. The Kier molecular flexibility index (Phi) is 3.77. The standard InChI is InChI=1S/C23H17NO4/c25-21-23(22(26)27-20(28-23)17-12-6-2-7-13-17)19(16-10-4-1-5-11-16)24(21)18-14-8-3-9-15-18/h1-15,19-20H/t19-,20-,23-/m1/s1. The summed E-state index contributed by atoms with van der Waals surface area (Å²) < 4.78 is 11.6. The Balaban J connectivity index is 1.58. The van der Waals surface area contributed by atoms with Crippen molar-refractivity contribution in [3.63, 3.8) is 0 Å². The zero-order valence-electron chi connectivity index (χ0n) is 14.9. The summed E-state index contributed by atoms with van der Waals surface area (Å²) in [5.41, 5.74) is 0.561. The molecule has 138 valence electrons. The number of rotatable bonds is 3. The maximum atomic E-state index is 13.3. The fourth-order valence-corrected chi connectivity index (χ4v) is 3.89. The number of β-lactam (4-membered cyclic amide) rings is 1. The van der Waals surface area contributed by atoms with Crippen LogP contribution >= 0.6 is 0 Å². The van der Waals surface area contributed by atoms with Crippen LogP contribution < -0.4 is 4.90 Å². The minimum atomic E-state index is -1.67. The van der Waals surface area contributed by atoms with Gasteiger partial charge in [-0.3, -0.25) is 9.69 Å². The summed E-state index contributed by atoms with van der Waals surface area (Å²) in [5, 5.41) is 0. The van der Waals surface area contributed by atoms with Crippen molar-refractivity contribution in [1.29, 1.82) is 0 Å². The highest BCUT2D eigenvalue weighted by Crippen LogP contribution is 2.54. The van der Waals surface area contributed by atoms with Crippen LogP contribution in [0.25, 0.3) is 0 Å². The lowest BCUT2D eigenvalue weighted by atomic mass is 9.77. The van der Waals surface area contributed by atoms with Crippen molar-refractivity contribution in [2.75, 3.05) is 4.90 Å². The van der Waals surface area contributed by atoms with Gasteiger partial charge in [-0.1, -0.05) is 78.9 Å². The third kappa shape index (κ3) is 2.30. The van der Waals surface area contributed by atoms with Crippen LogP contribution in [-0.2, 0) is 19.1 Å². The smallest absolute Gasteiger partial charge is 0.353 e. The number of benzene rings is 3. The molecule has 28 heavy (non-hydrogen) atoms. The Morgan fingerprint density at radius 2 is 1.25 bits per heavy atom. The number of hydrogen-bond acceptors (Lipinski definition) is 4. The molecule has 3 aromatic rings. The first-order valence-corrected chi connectivity index (χ1v) is 9.09. The zero-order chi connectivity index (χ0) is 19.1. The SMILES string of the molecule is O=C1O[C@@H](c2ccccc2)O[C@]12C(=O)N(c1ccccc1)[C@@H]2c1ccccc1. The van der Waals surface area contributed by atoms with E-state index in [0.29, 0.717) is 11.3 Å². The molecule has 3 aromatic carbocycles. The quantitative estimate of drug-likeness (QED) is 0.399. The van der Waals surface area contributed by atoms with Gasteiger partial charge in [0.25, 0.3) is 11.5 Å². The highest BCUT2D eigenvalue weighted by atomic mass is 16.8. The summed E-state index contributed by atoms with van der Waals surface area (Å²) in [5.74, 6) is -1.05. The fraction of sp³-hybridized carbons (Fsp3) is 0.130. The van der Waals surface area contributed by atoms with Crippen LogP contribution in [0, 0.1) is 0 Å². The molecular formula is C23H17NO4. The third-order valence-corrected chi connectivity index (χ3v) is 5.21. The van der Waals surface area contributed by atoms with Crippen LogP contribution in [0.5, 0.6) is 0 Å². The molecule has 5 nitrogen and oxygen atoms in total. The number of esters is 1. The zero-order valence-corrected chi connectivity index (χ0v) is 14.9. The molecule has 0 aromatic heterocycles. The van der Waals surface area contributed by atoms with Crippen molar-refractivity contribution >= 4 is 17.6 Å². The van der Waals surface area contributed by atoms with Crippen molar-refractivity contribution in [1.82, 2.24) is 0 Å². The highest BCUT2D eigenvalue weighted by Gasteiger charge is 2.73. The van der Waals surface area contributed by atoms with Crippen molar-refractivity contribution in [3.05, 3.63) is 102 Å². The van der Waals surface area contributed by atoms with E-state index < -0.39 is 29.8 Å². The van der Waals surface area contributed by atoms with E-state index >= 15 is 0 Å². The summed E-state index contributed by atoms with van der Waals surface area (Å²) in [6, 6.07) is 27.3. The van der Waals surface area contributed by atoms with Crippen LogP contribution in [0.3, 0.4) is 0 Å². The molecule has 0 saturated carbocycles. The van der Waals surface area contributed by atoms with Crippen LogP contribution in [0.2, 0.25) is 0 Å². The summed E-state index contributed by atoms with van der Waals surface area (Å²) in [6.07, 6.45) is -0.901. The Morgan fingerprint density at radius 1 is 0.714 bits per heavy atom. The molecule has 5 heteroatoms. The second kappa shape index (κ2) is 6.32. The predicted molar refractivity (Wildman–Crippen MR) is 102 cm³/mol. The molecule has 2 fully saturated rings. The lowest BCUT2D eigenvalue weighted by Gasteiger charge is -2.50. The lowest BCUT2D eigenvalue weighted by molar-refractivity contribution is -0.168. The molecule has 2 aliphatic rings. The molecule has 1 amide bonds. The Morgan fingerprint density at radius 3 is 1.86 bits per heavy atom. The second-order valence-corrected chi connectivity index (χ2v) is 6.83. The molecule has 0 bridgehead atoms. The molecular weight excluding hydrogens is 354 g/mol. The third-order valence-electron chi connectivity index (χ3n) is 5.21. The van der Waals surface area contributed by atoms with Crippen LogP contribution in [-0.4, -0.2) is 17.5 Å². The number of amides is 1.